The molecule has 0 saturated carbocycles. The molecule has 0 aliphatic carbocycles. The summed E-state index contributed by atoms with van der Waals surface area (Å²) in [6.07, 6.45) is 0. The van der Waals surface area contributed by atoms with Crippen molar-refractivity contribution in [2.24, 2.45) is 0 Å². The van der Waals surface area contributed by atoms with E-state index in [1.165, 1.54) is 17.7 Å². The summed E-state index contributed by atoms with van der Waals surface area (Å²) in [5.41, 5.74) is 2.91. The first-order valence-corrected chi connectivity index (χ1v) is 7.13. The quantitative estimate of drug-likeness (QED) is 0.789. The smallest absolute Gasteiger partial charge is 0.0431 e. The van der Waals surface area contributed by atoms with Gasteiger partial charge in [0.2, 0.25) is 0 Å². The van der Waals surface area contributed by atoms with E-state index in [0.717, 1.165) is 0 Å². The van der Waals surface area contributed by atoms with Gasteiger partial charge in [-0.3, -0.25) is 4.90 Å². The number of likely N-dealkylation sites (tertiary alicyclic amines) is 1. The Morgan fingerprint density at radius 2 is 1.37 bits per heavy atom. The number of nitrogens with zero attached hydrogens (tertiary/aromatic N) is 1. The zero-order valence-corrected chi connectivity index (χ0v) is 11.7. The van der Waals surface area contributed by atoms with E-state index in [2.05, 4.69) is 79.4 Å². The molecular formula is C18H21N. The van der Waals surface area contributed by atoms with Crippen LogP contribution < -0.4 is 0 Å². The van der Waals surface area contributed by atoms with Crippen LogP contribution in [0.25, 0.3) is 0 Å². The number of benzene rings is 2. The Kier molecular flexibility index (Phi) is 3.39. The van der Waals surface area contributed by atoms with E-state index in [4.69, 9.17) is 0 Å². The van der Waals surface area contributed by atoms with Crippen LogP contribution in [-0.2, 0) is 0 Å². The van der Waals surface area contributed by atoms with Gasteiger partial charge in [0.1, 0.15) is 0 Å². The van der Waals surface area contributed by atoms with Crippen LogP contribution in [0.4, 0.5) is 0 Å². The van der Waals surface area contributed by atoms with Crippen LogP contribution in [0.15, 0.2) is 60.7 Å². The monoisotopic (exact) mass is 251 g/mol. The second-order valence-corrected chi connectivity index (χ2v) is 5.66. The van der Waals surface area contributed by atoms with E-state index in [1.807, 2.05) is 0 Å². The van der Waals surface area contributed by atoms with Crippen molar-refractivity contribution in [3.05, 3.63) is 71.8 Å². The minimum Gasteiger partial charge on any atom is -0.293 e. The van der Waals surface area contributed by atoms with Gasteiger partial charge in [0.15, 0.2) is 0 Å². The van der Waals surface area contributed by atoms with Crippen molar-refractivity contribution in [2.45, 2.75) is 31.8 Å². The van der Waals surface area contributed by atoms with E-state index in [1.54, 1.807) is 0 Å². The maximum Gasteiger partial charge on any atom is 0.0431 e. The third-order valence-electron chi connectivity index (χ3n) is 4.18. The molecule has 0 bridgehead atoms. The second-order valence-electron chi connectivity index (χ2n) is 5.66. The van der Waals surface area contributed by atoms with Gasteiger partial charge in [0, 0.05) is 24.5 Å². The van der Waals surface area contributed by atoms with Gasteiger partial charge in [-0.1, -0.05) is 60.7 Å². The molecule has 0 aromatic heterocycles. The van der Waals surface area contributed by atoms with Crippen molar-refractivity contribution >= 4 is 0 Å². The normalized spacial score (nSPS) is 23.3. The SMILES string of the molecule is CC(C)N1C[C@H](c2ccccc2)[C@@H]1c1ccccc1. The van der Waals surface area contributed by atoms with Crippen molar-refractivity contribution in [2.75, 3.05) is 6.54 Å². The van der Waals surface area contributed by atoms with Crippen LogP contribution in [0.3, 0.4) is 0 Å². The van der Waals surface area contributed by atoms with E-state index in [9.17, 15) is 0 Å². The molecule has 1 heterocycles. The molecule has 2 aromatic rings. The van der Waals surface area contributed by atoms with Crippen LogP contribution in [-0.4, -0.2) is 17.5 Å². The predicted octanol–water partition coefficient (Wildman–Crippen LogP) is 4.24. The summed E-state index contributed by atoms with van der Waals surface area (Å²) in [6.45, 7) is 5.75. The first-order valence-electron chi connectivity index (χ1n) is 7.13. The average molecular weight is 251 g/mol. The fourth-order valence-corrected chi connectivity index (χ4v) is 3.13. The van der Waals surface area contributed by atoms with Gasteiger partial charge < -0.3 is 0 Å². The molecule has 1 aliphatic rings. The Morgan fingerprint density at radius 3 is 1.89 bits per heavy atom. The Morgan fingerprint density at radius 1 is 0.842 bits per heavy atom. The van der Waals surface area contributed by atoms with Crippen molar-refractivity contribution in [1.82, 2.24) is 4.90 Å². The molecule has 1 fully saturated rings. The van der Waals surface area contributed by atoms with Crippen LogP contribution in [0.1, 0.15) is 36.9 Å². The first kappa shape index (κ1) is 12.4. The molecule has 1 heteroatoms. The van der Waals surface area contributed by atoms with Crippen molar-refractivity contribution in [3.63, 3.8) is 0 Å². The standard InChI is InChI=1S/C18H21N/c1-14(2)19-13-17(15-9-5-3-6-10-15)18(19)16-11-7-4-8-12-16/h3-12,14,17-18H,13H2,1-2H3/t17-,18+/m1/s1. The molecular weight excluding hydrogens is 230 g/mol. The van der Waals surface area contributed by atoms with Crippen molar-refractivity contribution in [1.29, 1.82) is 0 Å². The lowest BCUT2D eigenvalue weighted by Gasteiger charge is -2.51. The highest BCUT2D eigenvalue weighted by Gasteiger charge is 2.41. The van der Waals surface area contributed by atoms with Gasteiger partial charge in [0.05, 0.1) is 0 Å². The summed E-state index contributed by atoms with van der Waals surface area (Å²) in [7, 11) is 0. The topological polar surface area (TPSA) is 3.24 Å². The van der Waals surface area contributed by atoms with E-state index in [-0.39, 0.29) is 0 Å². The second kappa shape index (κ2) is 5.18. The molecule has 98 valence electrons. The maximum absolute atomic E-state index is 2.59. The average Bonchev–Trinajstić information content (AvgIpc) is 2.39. The van der Waals surface area contributed by atoms with Gasteiger partial charge in [-0.25, -0.2) is 0 Å². The van der Waals surface area contributed by atoms with Crippen molar-refractivity contribution < 1.29 is 0 Å². The highest BCUT2D eigenvalue weighted by molar-refractivity contribution is 5.32. The molecule has 0 N–H and O–H groups in total. The van der Waals surface area contributed by atoms with E-state index in [0.29, 0.717) is 18.0 Å². The number of rotatable bonds is 3. The molecule has 0 amide bonds. The maximum atomic E-state index is 2.59. The Bertz CT molecular complexity index is 518. The lowest BCUT2D eigenvalue weighted by molar-refractivity contribution is 0.0273. The summed E-state index contributed by atoms with van der Waals surface area (Å²) in [4.78, 5) is 2.59. The third-order valence-corrected chi connectivity index (χ3v) is 4.18. The Hall–Kier alpha value is -1.60. The third kappa shape index (κ3) is 2.31. The largest absolute Gasteiger partial charge is 0.293 e. The zero-order valence-electron chi connectivity index (χ0n) is 11.7. The molecule has 3 rings (SSSR count). The van der Waals surface area contributed by atoms with Crippen LogP contribution in [0.5, 0.6) is 0 Å². The van der Waals surface area contributed by atoms with Gasteiger partial charge in [-0.05, 0) is 25.0 Å². The lowest BCUT2D eigenvalue weighted by atomic mass is 9.78. The Balaban J connectivity index is 1.91. The van der Waals surface area contributed by atoms with E-state index < -0.39 is 0 Å². The van der Waals surface area contributed by atoms with Crippen molar-refractivity contribution in [3.8, 4) is 0 Å². The molecule has 0 spiro atoms. The number of hydrogen-bond donors (Lipinski definition) is 0. The molecule has 0 unspecified atom stereocenters. The lowest BCUT2D eigenvalue weighted by Crippen LogP contribution is -2.51. The molecule has 2 atom stereocenters. The van der Waals surface area contributed by atoms with Gasteiger partial charge in [0.25, 0.3) is 0 Å². The van der Waals surface area contributed by atoms with Gasteiger partial charge in [-0.15, -0.1) is 0 Å². The van der Waals surface area contributed by atoms with Gasteiger partial charge >= 0.3 is 0 Å². The minimum absolute atomic E-state index is 0.531. The highest BCUT2D eigenvalue weighted by Crippen LogP contribution is 2.46. The number of hydrogen-bond acceptors (Lipinski definition) is 1. The van der Waals surface area contributed by atoms with E-state index >= 15 is 0 Å². The Labute approximate surface area is 115 Å². The van der Waals surface area contributed by atoms with Crippen LogP contribution in [0.2, 0.25) is 0 Å². The summed E-state index contributed by atoms with van der Waals surface area (Å²) >= 11 is 0. The molecule has 19 heavy (non-hydrogen) atoms. The zero-order chi connectivity index (χ0) is 13.2. The van der Waals surface area contributed by atoms with Crippen LogP contribution in [0, 0.1) is 0 Å². The fourth-order valence-electron chi connectivity index (χ4n) is 3.13. The highest BCUT2D eigenvalue weighted by atomic mass is 15.2. The molecule has 1 saturated heterocycles. The van der Waals surface area contributed by atoms with Crippen LogP contribution >= 0.6 is 0 Å². The summed E-state index contributed by atoms with van der Waals surface area (Å²) < 4.78 is 0. The predicted molar refractivity (Wildman–Crippen MR) is 80.2 cm³/mol. The summed E-state index contributed by atoms with van der Waals surface area (Å²) in [5, 5.41) is 0. The molecule has 2 aromatic carbocycles. The van der Waals surface area contributed by atoms with Gasteiger partial charge in [-0.2, -0.15) is 0 Å². The first-order chi connectivity index (χ1) is 9.27. The molecule has 1 nitrogen and oxygen atoms in total. The molecule has 0 radical (unpaired) electrons. The summed E-state index contributed by atoms with van der Waals surface area (Å²) in [6, 6.07) is 23.0. The minimum atomic E-state index is 0.531. The molecule has 1 aliphatic heterocycles. The fraction of sp³-hybridized carbons (Fsp3) is 0.333. The summed E-state index contributed by atoms with van der Waals surface area (Å²) in [5.74, 6) is 0.631.